The van der Waals surface area contributed by atoms with Gasteiger partial charge in [0.05, 0.1) is 6.42 Å². The Labute approximate surface area is 75.6 Å². The van der Waals surface area contributed by atoms with Crippen LogP contribution in [0.4, 0.5) is 4.79 Å². The van der Waals surface area contributed by atoms with Crippen LogP contribution in [-0.2, 0) is 9.36 Å². The van der Waals surface area contributed by atoms with Gasteiger partial charge in [0, 0.05) is 20.3 Å². The molecule has 0 aliphatic carbocycles. The van der Waals surface area contributed by atoms with Gasteiger partial charge in [0.15, 0.2) is 0 Å². The van der Waals surface area contributed by atoms with Crippen molar-refractivity contribution in [1.82, 2.24) is 4.90 Å². The van der Waals surface area contributed by atoms with Gasteiger partial charge in [-0.15, -0.1) is 0 Å². The highest BCUT2D eigenvalue weighted by Gasteiger charge is 2.30. The molecule has 2 N–H and O–H groups in total. The van der Waals surface area contributed by atoms with Crippen LogP contribution in [0.5, 0.6) is 0 Å². The van der Waals surface area contributed by atoms with Crippen LogP contribution in [0.3, 0.4) is 0 Å². The summed E-state index contributed by atoms with van der Waals surface area (Å²) in [5, 5.41) is 8.24. The molecule has 0 aromatic rings. The Balaban J connectivity index is 4.32. The topological polar surface area (TPSA) is 94.9 Å². The third kappa shape index (κ3) is 4.05. The van der Waals surface area contributed by atoms with Crippen molar-refractivity contribution in [2.75, 3.05) is 20.3 Å². The Hall–Kier alpha value is -0.870. The number of nitrogens with zero attached hydrogens (tertiary/aromatic N) is 1. The van der Waals surface area contributed by atoms with Crippen LogP contribution in [0.1, 0.15) is 6.42 Å². The summed E-state index contributed by atoms with van der Waals surface area (Å²) in [4.78, 5) is 31.2. The molecule has 0 aromatic heterocycles. The van der Waals surface area contributed by atoms with Crippen LogP contribution in [-0.4, -0.2) is 46.8 Å². The quantitative estimate of drug-likeness (QED) is 0.654. The Morgan fingerprint density at radius 3 is 2.15 bits per heavy atom. The molecule has 0 fully saturated rings. The number of hydrogen-bond donors (Lipinski definition) is 2. The minimum absolute atomic E-state index is 0.479. The van der Waals surface area contributed by atoms with Gasteiger partial charge in [-0.2, -0.15) is 0 Å². The average molecular weight is 209 g/mol. The van der Waals surface area contributed by atoms with E-state index in [4.69, 9.17) is 10.00 Å². The van der Waals surface area contributed by atoms with E-state index in [0.717, 1.165) is 4.90 Å². The van der Waals surface area contributed by atoms with Gasteiger partial charge in [-0.25, -0.2) is 0 Å². The molecule has 13 heavy (non-hydrogen) atoms. The van der Waals surface area contributed by atoms with Crippen molar-refractivity contribution in [2.24, 2.45) is 0 Å². The number of carboxylic acids is 1. The number of carbonyl (C=O) groups is 2. The third-order valence-electron chi connectivity index (χ3n) is 1.31. The number of carbonyl (C=O) groups excluding carboxylic acids is 1. The predicted octanol–water partition coefficient (Wildman–Crippen LogP) is 0.413. The van der Waals surface area contributed by atoms with Gasteiger partial charge < -0.3 is 14.9 Å². The van der Waals surface area contributed by atoms with Gasteiger partial charge in [-0.1, -0.05) is 0 Å². The molecule has 7 heteroatoms. The molecule has 6 nitrogen and oxygen atoms in total. The fourth-order valence-corrected chi connectivity index (χ4v) is 1.97. The van der Waals surface area contributed by atoms with E-state index >= 15 is 0 Å². The molecule has 0 bridgehead atoms. The first-order valence-corrected chi connectivity index (χ1v) is 5.37. The summed E-state index contributed by atoms with van der Waals surface area (Å²) in [6.07, 6.45) is -0.993. The molecule has 0 aromatic carbocycles. The maximum Gasteiger partial charge on any atom is 0.307 e. The normalized spacial score (nSPS) is 14.7. The number of amides is 1. The van der Waals surface area contributed by atoms with Crippen molar-refractivity contribution in [2.45, 2.75) is 6.42 Å². The summed E-state index contributed by atoms with van der Waals surface area (Å²) in [5.41, 5.74) is -0.922. The van der Waals surface area contributed by atoms with Crippen LogP contribution in [0.25, 0.3) is 0 Å². The summed E-state index contributed by atoms with van der Waals surface area (Å²) in [5.74, 6) is -1.19. The molecule has 0 radical (unpaired) electrons. The predicted molar refractivity (Wildman–Crippen MR) is 46.0 cm³/mol. The second kappa shape index (κ2) is 4.39. The lowest BCUT2D eigenvalue weighted by Crippen LogP contribution is -2.21. The zero-order valence-electron chi connectivity index (χ0n) is 7.43. The van der Waals surface area contributed by atoms with E-state index in [-0.39, 0.29) is 0 Å². The highest BCUT2D eigenvalue weighted by Crippen LogP contribution is 2.43. The maximum atomic E-state index is 11.2. The van der Waals surface area contributed by atoms with Crippen molar-refractivity contribution >= 4 is 19.0 Å². The fraction of sp³-hybridized carbons (Fsp3) is 0.667. The van der Waals surface area contributed by atoms with Crippen molar-refractivity contribution in [3.05, 3.63) is 0 Å². The minimum Gasteiger partial charge on any atom is -0.481 e. The Kier molecular flexibility index (Phi) is 4.10. The lowest BCUT2D eigenvalue weighted by atomic mass is 10.5. The molecule has 0 rings (SSSR count). The minimum atomic E-state index is -3.99. The molecule has 1 atom stereocenters. The standard InChI is InChI=1S/C6H12NO5P/c1-7(2)6(10)13(11,12)4-3-5(8)9/h3-4H2,1-2H3,(H,8,9)(H,11,12). The molecule has 1 amide bonds. The highest BCUT2D eigenvalue weighted by molar-refractivity contribution is 7.75. The molecule has 76 valence electrons. The summed E-state index contributed by atoms with van der Waals surface area (Å²) < 4.78 is 11.2. The van der Waals surface area contributed by atoms with Crippen LogP contribution < -0.4 is 0 Å². The highest BCUT2D eigenvalue weighted by atomic mass is 31.2. The molecular weight excluding hydrogens is 197 g/mol. The van der Waals surface area contributed by atoms with Gasteiger partial charge in [0.25, 0.3) is 7.37 Å². The lowest BCUT2D eigenvalue weighted by molar-refractivity contribution is -0.136. The van der Waals surface area contributed by atoms with E-state index in [9.17, 15) is 14.2 Å². The second-order valence-corrected chi connectivity index (χ2v) is 4.98. The summed E-state index contributed by atoms with van der Waals surface area (Å²) in [6, 6.07) is 0. The lowest BCUT2D eigenvalue weighted by Gasteiger charge is -2.14. The Morgan fingerprint density at radius 1 is 1.38 bits per heavy atom. The number of aliphatic carboxylic acids is 1. The smallest absolute Gasteiger partial charge is 0.307 e. The average Bonchev–Trinajstić information content (AvgIpc) is 1.99. The largest absolute Gasteiger partial charge is 0.481 e. The summed E-state index contributed by atoms with van der Waals surface area (Å²) in [7, 11) is -1.31. The maximum absolute atomic E-state index is 11.2. The van der Waals surface area contributed by atoms with Crippen LogP contribution in [0, 0.1) is 0 Å². The molecule has 0 aliphatic rings. The van der Waals surface area contributed by atoms with Crippen LogP contribution in [0.15, 0.2) is 0 Å². The first-order chi connectivity index (χ1) is 5.77. The van der Waals surface area contributed by atoms with Crippen molar-refractivity contribution in [3.63, 3.8) is 0 Å². The van der Waals surface area contributed by atoms with Crippen LogP contribution >= 0.6 is 7.37 Å². The molecule has 1 unspecified atom stereocenters. The molecule has 0 saturated heterocycles. The van der Waals surface area contributed by atoms with E-state index in [2.05, 4.69) is 0 Å². The monoisotopic (exact) mass is 209 g/mol. The van der Waals surface area contributed by atoms with E-state index in [1.165, 1.54) is 14.1 Å². The van der Waals surface area contributed by atoms with Gasteiger partial charge in [0.2, 0.25) is 0 Å². The van der Waals surface area contributed by atoms with Gasteiger partial charge >= 0.3 is 11.6 Å². The second-order valence-electron chi connectivity index (χ2n) is 2.75. The van der Waals surface area contributed by atoms with Crippen molar-refractivity contribution in [1.29, 1.82) is 0 Å². The molecule has 0 aliphatic heterocycles. The van der Waals surface area contributed by atoms with Gasteiger partial charge in [-0.3, -0.25) is 14.2 Å². The zero-order chi connectivity index (χ0) is 10.6. The molecular formula is C6H12NO5P. The van der Waals surface area contributed by atoms with E-state index in [1.54, 1.807) is 0 Å². The first-order valence-electron chi connectivity index (χ1n) is 3.53. The molecule has 0 saturated carbocycles. The molecule has 0 spiro atoms. The van der Waals surface area contributed by atoms with Crippen molar-refractivity contribution < 1.29 is 24.2 Å². The summed E-state index contributed by atoms with van der Waals surface area (Å²) >= 11 is 0. The SMILES string of the molecule is CN(C)C(=O)P(=O)(O)CCC(=O)O. The van der Waals surface area contributed by atoms with E-state index in [1.807, 2.05) is 0 Å². The van der Waals surface area contributed by atoms with E-state index in [0.29, 0.717) is 0 Å². The number of hydrogen-bond acceptors (Lipinski definition) is 3. The first kappa shape index (κ1) is 12.1. The number of rotatable bonds is 4. The van der Waals surface area contributed by atoms with Gasteiger partial charge in [-0.05, 0) is 0 Å². The fourth-order valence-electron chi connectivity index (χ4n) is 0.655. The van der Waals surface area contributed by atoms with Crippen molar-refractivity contribution in [3.8, 4) is 0 Å². The van der Waals surface area contributed by atoms with Crippen LogP contribution in [0.2, 0.25) is 0 Å². The number of carboxylic acid groups (broad SMARTS) is 1. The Bertz CT molecular complexity index is 262. The van der Waals surface area contributed by atoms with Gasteiger partial charge in [0.1, 0.15) is 0 Å². The summed E-state index contributed by atoms with van der Waals surface area (Å²) in [6.45, 7) is 0. The zero-order valence-corrected chi connectivity index (χ0v) is 8.32. The molecule has 0 heterocycles. The third-order valence-corrected chi connectivity index (χ3v) is 3.14. The Morgan fingerprint density at radius 2 is 1.85 bits per heavy atom. The van der Waals surface area contributed by atoms with E-state index < -0.39 is 31.6 Å².